The summed E-state index contributed by atoms with van der Waals surface area (Å²) < 4.78 is 10.3. The molecule has 0 aromatic carbocycles. The third kappa shape index (κ3) is 6.11. The highest BCUT2D eigenvalue weighted by atomic mass is 32.2. The number of carbonyl (C=O) groups excluding carboxylic acids is 1. The molecule has 0 saturated heterocycles. The van der Waals surface area contributed by atoms with Gasteiger partial charge in [0.1, 0.15) is 5.76 Å². The molecule has 0 radical (unpaired) electrons. The second kappa shape index (κ2) is 8.98. The lowest BCUT2D eigenvalue weighted by molar-refractivity contribution is -0.118. The number of amides is 1. The highest BCUT2D eigenvalue weighted by Gasteiger charge is 2.09. The van der Waals surface area contributed by atoms with E-state index in [1.165, 1.54) is 0 Å². The lowest BCUT2D eigenvalue weighted by Crippen LogP contribution is -2.27. The molecule has 0 unspecified atom stereocenters. The first-order valence-corrected chi connectivity index (χ1v) is 7.64. The number of nitrogens with one attached hydrogen (secondary N) is 1. The first kappa shape index (κ1) is 16.0. The highest BCUT2D eigenvalue weighted by Crippen LogP contribution is 2.19. The molecule has 1 rings (SSSR count). The zero-order valence-corrected chi connectivity index (χ0v) is 12.6. The number of ether oxygens (including phenoxy) is 1. The second-order valence-electron chi connectivity index (χ2n) is 4.20. The predicted molar refractivity (Wildman–Crippen MR) is 76.3 cm³/mol. The van der Waals surface area contributed by atoms with Crippen LogP contribution < -0.4 is 5.32 Å². The number of carbonyl (C=O) groups is 1. The van der Waals surface area contributed by atoms with E-state index in [4.69, 9.17) is 9.26 Å². The van der Waals surface area contributed by atoms with Crippen LogP contribution in [0.2, 0.25) is 0 Å². The Labute approximate surface area is 118 Å². The van der Waals surface area contributed by atoms with Crippen molar-refractivity contribution in [3.05, 3.63) is 17.0 Å². The predicted octanol–water partition coefficient (Wildman–Crippen LogP) is 2.07. The van der Waals surface area contributed by atoms with Crippen LogP contribution in [0.4, 0.5) is 0 Å². The Morgan fingerprint density at radius 1 is 1.47 bits per heavy atom. The molecule has 0 aliphatic carbocycles. The molecule has 5 nitrogen and oxygen atoms in total. The first-order valence-electron chi connectivity index (χ1n) is 6.49. The van der Waals surface area contributed by atoms with Gasteiger partial charge in [-0.1, -0.05) is 5.16 Å². The Morgan fingerprint density at radius 2 is 2.26 bits per heavy atom. The van der Waals surface area contributed by atoms with Crippen LogP contribution >= 0.6 is 11.8 Å². The topological polar surface area (TPSA) is 64.4 Å². The van der Waals surface area contributed by atoms with Crippen molar-refractivity contribution in [2.75, 3.05) is 25.5 Å². The summed E-state index contributed by atoms with van der Waals surface area (Å²) in [5.41, 5.74) is 2.00. The molecule has 0 aliphatic rings. The van der Waals surface area contributed by atoms with Gasteiger partial charge in [0.2, 0.25) is 5.91 Å². The summed E-state index contributed by atoms with van der Waals surface area (Å²) in [5, 5.41) is 6.76. The molecule has 0 bridgehead atoms. The molecule has 1 aromatic heterocycles. The van der Waals surface area contributed by atoms with Gasteiger partial charge in [0.05, 0.1) is 11.4 Å². The Kier molecular flexibility index (Phi) is 7.59. The molecule has 1 aromatic rings. The molecule has 108 valence electrons. The van der Waals surface area contributed by atoms with E-state index in [1.54, 1.807) is 11.8 Å². The van der Waals surface area contributed by atoms with Crippen LogP contribution in [-0.4, -0.2) is 36.6 Å². The molecule has 1 heterocycles. The van der Waals surface area contributed by atoms with Crippen LogP contribution in [0.5, 0.6) is 0 Å². The van der Waals surface area contributed by atoms with Gasteiger partial charge in [-0.25, -0.2) is 0 Å². The molecule has 0 aliphatic heterocycles. The summed E-state index contributed by atoms with van der Waals surface area (Å²) in [6.45, 7) is 7.86. The second-order valence-corrected chi connectivity index (χ2v) is 5.18. The standard InChI is InChI=1S/C13H22N2O3S/c1-4-17-7-5-6-14-13(16)9-19-8-12-10(2)15-18-11(12)3/h4-9H2,1-3H3,(H,14,16). The van der Waals surface area contributed by atoms with E-state index >= 15 is 0 Å². The third-order valence-electron chi connectivity index (χ3n) is 2.65. The van der Waals surface area contributed by atoms with Gasteiger partial charge >= 0.3 is 0 Å². The van der Waals surface area contributed by atoms with E-state index in [2.05, 4.69) is 10.5 Å². The molecule has 0 spiro atoms. The summed E-state index contributed by atoms with van der Waals surface area (Å²) in [7, 11) is 0. The molecule has 19 heavy (non-hydrogen) atoms. The molecule has 1 amide bonds. The Bertz CT molecular complexity index is 374. The SMILES string of the molecule is CCOCCCNC(=O)CSCc1c(C)noc1C. The van der Waals surface area contributed by atoms with E-state index in [1.807, 2.05) is 20.8 Å². The Morgan fingerprint density at radius 3 is 2.89 bits per heavy atom. The number of thioether (sulfide) groups is 1. The molecule has 6 heteroatoms. The number of nitrogens with zero attached hydrogens (tertiary/aromatic N) is 1. The Balaban J connectivity index is 2.10. The molecule has 0 fully saturated rings. The van der Waals surface area contributed by atoms with Crippen molar-refractivity contribution >= 4 is 17.7 Å². The minimum Gasteiger partial charge on any atom is -0.382 e. The van der Waals surface area contributed by atoms with Gasteiger partial charge in [0.15, 0.2) is 0 Å². The lowest BCUT2D eigenvalue weighted by atomic mass is 10.2. The summed E-state index contributed by atoms with van der Waals surface area (Å²) >= 11 is 1.57. The fourth-order valence-electron chi connectivity index (χ4n) is 1.55. The molecule has 1 N–H and O–H groups in total. The maximum absolute atomic E-state index is 11.6. The fraction of sp³-hybridized carbons (Fsp3) is 0.692. The van der Waals surface area contributed by atoms with E-state index in [0.29, 0.717) is 18.9 Å². The molecule has 0 atom stereocenters. The number of aryl methyl sites for hydroxylation is 2. The van der Waals surface area contributed by atoms with Crippen molar-refractivity contribution in [2.24, 2.45) is 0 Å². The zero-order chi connectivity index (χ0) is 14.1. The van der Waals surface area contributed by atoms with Crippen LogP contribution in [0.1, 0.15) is 30.4 Å². The summed E-state index contributed by atoms with van der Waals surface area (Å²) in [6.07, 6.45) is 0.855. The van der Waals surface area contributed by atoms with E-state index in [-0.39, 0.29) is 5.91 Å². The summed E-state index contributed by atoms with van der Waals surface area (Å²) in [6, 6.07) is 0. The highest BCUT2D eigenvalue weighted by molar-refractivity contribution is 7.99. The monoisotopic (exact) mass is 286 g/mol. The van der Waals surface area contributed by atoms with Crippen molar-refractivity contribution in [2.45, 2.75) is 32.9 Å². The van der Waals surface area contributed by atoms with Gasteiger partial charge in [-0.15, -0.1) is 11.8 Å². The van der Waals surface area contributed by atoms with Crippen molar-refractivity contribution in [3.63, 3.8) is 0 Å². The van der Waals surface area contributed by atoms with Gasteiger partial charge in [0.25, 0.3) is 0 Å². The zero-order valence-electron chi connectivity index (χ0n) is 11.8. The molecule has 0 saturated carbocycles. The minimum absolute atomic E-state index is 0.0632. The summed E-state index contributed by atoms with van der Waals surface area (Å²) in [5.74, 6) is 2.11. The van der Waals surface area contributed by atoms with E-state index in [9.17, 15) is 4.79 Å². The smallest absolute Gasteiger partial charge is 0.230 e. The number of aromatic nitrogens is 1. The van der Waals surface area contributed by atoms with Gasteiger partial charge in [0, 0.05) is 31.1 Å². The van der Waals surface area contributed by atoms with E-state index < -0.39 is 0 Å². The van der Waals surface area contributed by atoms with Gasteiger partial charge < -0.3 is 14.6 Å². The van der Waals surface area contributed by atoms with Crippen LogP contribution in [0.15, 0.2) is 4.52 Å². The molecular weight excluding hydrogens is 264 g/mol. The van der Waals surface area contributed by atoms with Crippen LogP contribution in [-0.2, 0) is 15.3 Å². The van der Waals surface area contributed by atoms with Crippen LogP contribution in [0, 0.1) is 13.8 Å². The average Bonchev–Trinajstić information content (AvgIpc) is 2.70. The van der Waals surface area contributed by atoms with Crippen LogP contribution in [0.3, 0.4) is 0 Å². The number of hydrogen-bond donors (Lipinski definition) is 1. The maximum Gasteiger partial charge on any atom is 0.230 e. The molecular formula is C13H22N2O3S. The average molecular weight is 286 g/mol. The van der Waals surface area contributed by atoms with E-state index in [0.717, 1.165) is 35.8 Å². The van der Waals surface area contributed by atoms with Gasteiger partial charge in [-0.3, -0.25) is 4.79 Å². The Hall–Kier alpha value is -1.01. The van der Waals surface area contributed by atoms with Crippen molar-refractivity contribution < 1.29 is 14.1 Å². The minimum atomic E-state index is 0.0632. The fourth-order valence-corrected chi connectivity index (χ4v) is 2.56. The normalized spacial score (nSPS) is 10.7. The van der Waals surface area contributed by atoms with Crippen LogP contribution in [0.25, 0.3) is 0 Å². The van der Waals surface area contributed by atoms with Crippen molar-refractivity contribution in [3.8, 4) is 0 Å². The van der Waals surface area contributed by atoms with Crippen molar-refractivity contribution in [1.29, 1.82) is 0 Å². The third-order valence-corrected chi connectivity index (χ3v) is 3.61. The summed E-state index contributed by atoms with van der Waals surface area (Å²) in [4.78, 5) is 11.6. The van der Waals surface area contributed by atoms with Crippen molar-refractivity contribution in [1.82, 2.24) is 10.5 Å². The van der Waals surface area contributed by atoms with Gasteiger partial charge in [-0.05, 0) is 27.2 Å². The number of rotatable bonds is 9. The number of hydrogen-bond acceptors (Lipinski definition) is 5. The largest absolute Gasteiger partial charge is 0.382 e. The maximum atomic E-state index is 11.6. The quantitative estimate of drug-likeness (QED) is 0.704. The lowest BCUT2D eigenvalue weighted by Gasteiger charge is -2.05. The van der Waals surface area contributed by atoms with Gasteiger partial charge in [-0.2, -0.15) is 0 Å². The first-order chi connectivity index (χ1) is 9.15.